The number of carbonyl (C=O) groups is 1. The fourth-order valence-electron chi connectivity index (χ4n) is 3.41. The molecule has 1 aliphatic rings. The van der Waals surface area contributed by atoms with Crippen molar-refractivity contribution in [3.8, 4) is 5.75 Å². The predicted octanol–water partition coefficient (Wildman–Crippen LogP) is 8.28. The zero-order valence-corrected chi connectivity index (χ0v) is 23.3. The lowest BCUT2D eigenvalue weighted by Crippen LogP contribution is -2.27. The first-order valence-electron chi connectivity index (χ1n) is 11.9. The van der Waals surface area contributed by atoms with Gasteiger partial charge in [0.05, 0.1) is 22.4 Å². The third kappa shape index (κ3) is 9.21. The topological polar surface area (TPSA) is 38.8 Å². The van der Waals surface area contributed by atoms with Crippen molar-refractivity contribution in [2.24, 2.45) is 5.92 Å². The number of anilines is 2. The molecule has 0 bridgehead atoms. The Morgan fingerprint density at radius 1 is 1.23 bits per heavy atom. The summed E-state index contributed by atoms with van der Waals surface area (Å²) in [4.78, 5) is 14.6. The fraction of sp³-hybridized carbons (Fsp3) is 0.464. The Hall–Kier alpha value is -1.96. The normalized spacial score (nSPS) is 17.9. The van der Waals surface area contributed by atoms with Gasteiger partial charge in [0, 0.05) is 36.2 Å². The van der Waals surface area contributed by atoms with Crippen LogP contribution in [-0.4, -0.2) is 37.3 Å². The average Bonchev–Trinajstić information content (AvgIpc) is 2.98. The molecular weight excluding hydrogens is 481 g/mol. The van der Waals surface area contributed by atoms with Gasteiger partial charge in [-0.25, -0.2) is 4.39 Å². The van der Waals surface area contributed by atoms with E-state index in [1.807, 2.05) is 51.3 Å². The number of methoxy groups -OCH3 is 1. The number of rotatable bonds is 8. The van der Waals surface area contributed by atoms with Crippen LogP contribution in [0.2, 0.25) is 0 Å². The summed E-state index contributed by atoms with van der Waals surface area (Å²) < 4.78 is 25.8. The van der Waals surface area contributed by atoms with E-state index in [4.69, 9.17) is 9.47 Å². The maximum atomic E-state index is 15.2. The molecule has 7 heteroatoms. The number of hydrogen-bond acceptors (Lipinski definition) is 6. The van der Waals surface area contributed by atoms with Gasteiger partial charge in [0.15, 0.2) is 5.50 Å². The van der Waals surface area contributed by atoms with Gasteiger partial charge in [-0.1, -0.05) is 49.7 Å². The summed E-state index contributed by atoms with van der Waals surface area (Å²) in [5.41, 5.74) is 1.12. The summed E-state index contributed by atoms with van der Waals surface area (Å²) in [5.74, 6) is 0.582. The average molecular weight is 520 g/mol. The lowest BCUT2D eigenvalue weighted by Gasteiger charge is -2.28. The lowest BCUT2D eigenvalue weighted by molar-refractivity contribution is -0.104. The smallest absolute Gasteiger partial charge is 0.154 e. The van der Waals surface area contributed by atoms with Crippen LogP contribution in [0.3, 0.4) is 0 Å². The Kier molecular flexibility index (Phi) is 12.2. The standard InChI is InChI=1S/C23H26FNO2S2.C5H12O/c1-3-4-9-17-16-25(18-10-6-5-7-11-18)19-14-22(28-2)20(27-13-8-12-26)15-21(19)29-23(17)24;1-5(2,3)6-4/h5-8,10-15,17,23H,3-4,9,16H2,1-2H3;1-4H3/b13-8+;. The van der Waals surface area contributed by atoms with Crippen LogP contribution in [0.5, 0.6) is 5.75 Å². The highest BCUT2D eigenvalue weighted by Crippen LogP contribution is 2.48. The number of halogens is 1. The Morgan fingerprint density at radius 3 is 2.49 bits per heavy atom. The summed E-state index contributed by atoms with van der Waals surface area (Å²) in [6.45, 7) is 8.85. The van der Waals surface area contributed by atoms with E-state index in [0.29, 0.717) is 18.6 Å². The molecule has 192 valence electrons. The van der Waals surface area contributed by atoms with E-state index in [9.17, 15) is 4.79 Å². The minimum Gasteiger partial charge on any atom is -0.464 e. The summed E-state index contributed by atoms with van der Waals surface area (Å²) >= 11 is 2.84. The number of fused-ring (bicyclic) bond motifs is 1. The Labute approximate surface area is 218 Å². The Balaban J connectivity index is 0.000000641. The van der Waals surface area contributed by atoms with E-state index in [0.717, 1.165) is 40.4 Å². The number of hydrogen-bond donors (Lipinski definition) is 0. The highest BCUT2D eigenvalue weighted by Gasteiger charge is 2.32. The molecule has 0 saturated heterocycles. The number of alkyl halides is 1. The zero-order chi connectivity index (χ0) is 25.8. The third-order valence-corrected chi connectivity index (χ3v) is 7.47. The molecule has 0 spiro atoms. The maximum Gasteiger partial charge on any atom is 0.154 e. The van der Waals surface area contributed by atoms with Crippen molar-refractivity contribution in [1.82, 2.24) is 0 Å². The van der Waals surface area contributed by atoms with Gasteiger partial charge in [0.2, 0.25) is 0 Å². The van der Waals surface area contributed by atoms with Gasteiger partial charge >= 0.3 is 0 Å². The van der Waals surface area contributed by atoms with E-state index in [1.165, 1.54) is 24.1 Å². The van der Waals surface area contributed by atoms with Crippen LogP contribution >= 0.6 is 23.5 Å². The van der Waals surface area contributed by atoms with Crippen molar-refractivity contribution in [2.45, 2.75) is 67.9 Å². The molecule has 0 aromatic heterocycles. The first-order chi connectivity index (χ1) is 16.7. The number of para-hydroxylation sites is 1. The molecule has 4 nitrogen and oxygen atoms in total. The van der Waals surface area contributed by atoms with Gasteiger partial charge in [0.25, 0.3) is 0 Å². The molecule has 0 aliphatic carbocycles. The number of allylic oxidation sites excluding steroid dienone is 1. The zero-order valence-electron chi connectivity index (χ0n) is 21.6. The molecule has 35 heavy (non-hydrogen) atoms. The summed E-state index contributed by atoms with van der Waals surface area (Å²) in [6, 6.07) is 14.1. The molecule has 2 unspecified atom stereocenters. The molecule has 0 amide bonds. The van der Waals surface area contributed by atoms with E-state index in [1.54, 1.807) is 18.9 Å². The number of ether oxygens (including phenoxy) is 2. The second kappa shape index (κ2) is 14.6. The number of benzene rings is 2. The first-order valence-corrected chi connectivity index (χ1v) is 14.0. The van der Waals surface area contributed by atoms with Crippen LogP contribution in [0.4, 0.5) is 15.8 Å². The van der Waals surface area contributed by atoms with Crippen LogP contribution in [0.15, 0.2) is 64.6 Å². The first kappa shape index (κ1) is 29.3. The summed E-state index contributed by atoms with van der Waals surface area (Å²) in [6.07, 6.45) is 8.26. The molecule has 2 atom stereocenters. The molecule has 3 rings (SSSR count). The molecule has 0 saturated carbocycles. The molecule has 0 N–H and O–H groups in total. The van der Waals surface area contributed by atoms with Gasteiger partial charge < -0.3 is 14.4 Å². The minimum absolute atomic E-state index is 0.0417. The molecular formula is C28H38FNO3S2. The highest BCUT2D eigenvalue weighted by molar-refractivity contribution is 8.00. The van der Waals surface area contributed by atoms with Crippen LogP contribution in [0, 0.1) is 5.92 Å². The lowest BCUT2D eigenvalue weighted by atomic mass is 10.0. The molecule has 1 heterocycles. The number of unbranched alkanes of at least 4 members (excludes halogenated alkanes) is 1. The van der Waals surface area contributed by atoms with Gasteiger partial charge in [-0.2, -0.15) is 0 Å². The molecule has 2 aromatic rings. The molecule has 1 aliphatic heterocycles. The van der Waals surface area contributed by atoms with Gasteiger partial charge in [-0.3, -0.25) is 4.79 Å². The van der Waals surface area contributed by atoms with E-state index in [2.05, 4.69) is 30.0 Å². The quantitative estimate of drug-likeness (QED) is 0.151. The fourth-order valence-corrected chi connectivity index (χ4v) is 5.07. The van der Waals surface area contributed by atoms with Crippen LogP contribution in [0.25, 0.3) is 0 Å². The number of thioether (sulfide) groups is 2. The SMILES string of the molecule is CCCCC1CN(c2ccccc2)c2cc(SC)c(O/C=C/C=O)cc2SC1F.COC(C)(C)C. The van der Waals surface area contributed by atoms with Crippen LogP contribution in [-0.2, 0) is 9.53 Å². The summed E-state index contributed by atoms with van der Waals surface area (Å²) in [7, 11) is 1.71. The van der Waals surface area contributed by atoms with E-state index >= 15 is 4.39 Å². The van der Waals surface area contributed by atoms with Crippen molar-refractivity contribution in [3.05, 3.63) is 54.8 Å². The van der Waals surface area contributed by atoms with Crippen molar-refractivity contribution < 1.29 is 18.7 Å². The molecule has 0 radical (unpaired) electrons. The highest BCUT2D eigenvalue weighted by atomic mass is 32.2. The van der Waals surface area contributed by atoms with E-state index < -0.39 is 5.50 Å². The number of carbonyl (C=O) groups excluding carboxylic acids is 1. The Morgan fingerprint density at radius 2 is 1.91 bits per heavy atom. The Bertz CT molecular complexity index is 947. The predicted molar refractivity (Wildman–Crippen MR) is 148 cm³/mol. The van der Waals surface area contributed by atoms with Crippen molar-refractivity contribution >= 4 is 41.2 Å². The van der Waals surface area contributed by atoms with Crippen molar-refractivity contribution in [3.63, 3.8) is 0 Å². The van der Waals surface area contributed by atoms with Crippen LogP contribution < -0.4 is 9.64 Å². The molecule has 2 aromatic carbocycles. The summed E-state index contributed by atoms with van der Waals surface area (Å²) in [5, 5.41) is 0. The number of nitrogens with zero attached hydrogens (tertiary/aromatic N) is 1. The monoisotopic (exact) mass is 519 g/mol. The molecule has 0 fully saturated rings. The van der Waals surface area contributed by atoms with Crippen molar-refractivity contribution in [1.29, 1.82) is 0 Å². The van der Waals surface area contributed by atoms with Gasteiger partial charge in [-0.05, 0) is 57.7 Å². The van der Waals surface area contributed by atoms with Gasteiger partial charge in [-0.15, -0.1) is 11.8 Å². The second-order valence-corrected chi connectivity index (χ2v) is 11.2. The van der Waals surface area contributed by atoms with E-state index in [-0.39, 0.29) is 11.5 Å². The van der Waals surface area contributed by atoms with Gasteiger partial charge in [0.1, 0.15) is 12.0 Å². The maximum absolute atomic E-state index is 15.2. The largest absolute Gasteiger partial charge is 0.464 e. The minimum atomic E-state index is -0.979. The second-order valence-electron chi connectivity index (χ2n) is 9.19. The third-order valence-electron chi connectivity index (χ3n) is 5.52. The van der Waals surface area contributed by atoms with Crippen LogP contribution in [0.1, 0.15) is 47.0 Å². The van der Waals surface area contributed by atoms with Crippen molar-refractivity contribution in [2.75, 3.05) is 24.8 Å². The number of aldehydes is 1.